The van der Waals surface area contributed by atoms with Gasteiger partial charge in [0.1, 0.15) is 11.5 Å². The van der Waals surface area contributed by atoms with Gasteiger partial charge in [0.15, 0.2) is 0 Å². The molecule has 0 bridgehead atoms. The molecule has 0 saturated carbocycles. The van der Waals surface area contributed by atoms with E-state index in [4.69, 9.17) is 9.47 Å². The fraction of sp³-hybridized carbons (Fsp3) is 0.316. The van der Waals surface area contributed by atoms with Gasteiger partial charge >= 0.3 is 0 Å². The minimum absolute atomic E-state index is 0.00610. The van der Waals surface area contributed by atoms with E-state index in [1.807, 2.05) is 49.4 Å². The molecule has 0 heterocycles. The van der Waals surface area contributed by atoms with Gasteiger partial charge < -0.3 is 14.8 Å². The van der Waals surface area contributed by atoms with Crippen molar-refractivity contribution in [1.29, 1.82) is 0 Å². The van der Waals surface area contributed by atoms with Crippen molar-refractivity contribution >= 4 is 11.6 Å². The number of methoxy groups -OCH3 is 1. The van der Waals surface area contributed by atoms with Gasteiger partial charge in [0.05, 0.1) is 13.7 Å². The highest BCUT2D eigenvalue weighted by atomic mass is 16.5. The summed E-state index contributed by atoms with van der Waals surface area (Å²) >= 11 is 0. The molecule has 2 rings (SSSR count). The number of rotatable bonds is 7. The fourth-order valence-corrected chi connectivity index (χ4v) is 2.14. The Morgan fingerprint density at radius 2 is 1.70 bits per heavy atom. The maximum atomic E-state index is 11.9. The smallest absolute Gasteiger partial charge is 0.224 e. The van der Waals surface area contributed by atoms with Gasteiger partial charge in [-0.05, 0) is 67.8 Å². The Labute approximate surface area is 137 Å². The number of carbonyl (C=O) groups is 1. The molecular weight excluding hydrogens is 290 g/mol. The summed E-state index contributed by atoms with van der Waals surface area (Å²) in [5, 5.41) is 2.91. The average molecular weight is 313 g/mol. The Morgan fingerprint density at radius 1 is 1.00 bits per heavy atom. The monoisotopic (exact) mass is 313 g/mol. The fourth-order valence-electron chi connectivity index (χ4n) is 2.14. The number of amides is 1. The molecule has 0 aliphatic heterocycles. The van der Waals surface area contributed by atoms with Crippen molar-refractivity contribution < 1.29 is 14.3 Å². The molecule has 23 heavy (non-hydrogen) atoms. The van der Waals surface area contributed by atoms with Gasteiger partial charge in [0.2, 0.25) is 5.91 Å². The van der Waals surface area contributed by atoms with Crippen LogP contribution in [0.25, 0.3) is 0 Å². The van der Waals surface area contributed by atoms with E-state index in [1.165, 1.54) is 11.1 Å². The van der Waals surface area contributed by atoms with Crippen LogP contribution in [0.5, 0.6) is 11.5 Å². The third-order valence-electron chi connectivity index (χ3n) is 3.67. The van der Waals surface area contributed by atoms with Gasteiger partial charge in [-0.2, -0.15) is 0 Å². The van der Waals surface area contributed by atoms with Gasteiger partial charge in [0, 0.05) is 12.1 Å². The highest BCUT2D eigenvalue weighted by molar-refractivity contribution is 5.90. The van der Waals surface area contributed by atoms with Gasteiger partial charge in [0.25, 0.3) is 0 Å². The molecule has 4 heteroatoms. The SMILES string of the molecule is COc1ccc(OCCCC(=O)Nc2ccc(C)c(C)c2)cc1. The lowest BCUT2D eigenvalue weighted by atomic mass is 10.1. The lowest BCUT2D eigenvalue weighted by Crippen LogP contribution is -2.13. The molecule has 0 radical (unpaired) electrons. The first kappa shape index (κ1) is 16.9. The van der Waals surface area contributed by atoms with Crippen LogP contribution in [0.4, 0.5) is 5.69 Å². The molecule has 0 atom stereocenters. The van der Waals surface area contributed by atoms with E-state index < -0.39 is 0 Å². The minimum Gasteiger partial charge on any atom is -0.497 e. The van der Waals surface area contributed by atoms with E-state index in [1.54, 1.807) is 7.11 Å². The van der Waals surface area contributed by atoms with Crippen LogP contribution in [0.15, 0.2) is 42.5 Å². The van der Waals surface area contributed by atoms with Crippen molar-refractivity contribution in [2.24, 2.45) is 0 Å². The van der Waals surface area contributed by atoms with E-state index in [9.17, 15) is 4.79 Å². The second-order valence-electron chi connectivity index (χ2n) is 5.47. The highest BCUT2D eigenvalue weighted by Crippen LogP contribution is 2.17. The summed E-state index contributed by atoms with van der Waals surface area (Å²) in [5.41, 5.74) is 3.23. The average Bonchev–Trinajstić information content (AvgIpc) is 2.55. The predicted molar refractivity (Wildman–Crippen MR) is 92.3 cm³/mol. The number of benzene rings is 2. The first-order chi connectivity index (χ1) is 11.1. The molecule has 0 unspecified atom stereocenters. The molecule has 4 nitrogen and oxygen atoms in total. The molecule has 0 aliphatic carbocycles. The van der Waals surface area contributed by atoms with Gasteiger partial charge in [-0.3, -0.25) is 4.79 Å². The Morgan fingerprint density at radius 3 is 2.35 bits per heavy atom. The second-order valence-corrected chi connectivity index (χ2v) is 5.47. The molecule has 1 amide bonds. The van der Waals surface area contributed by atoms with Crippen molar-refractivity contribution in [3.63, 3.8) is 0 Å². The van der Waals surface area contributed by atoms with Crippen LogP contribution in [-0.2, 0) is 4.79 Å². The lowest BCUT2D eigenvalue weighted by molar-refractivity contribution is -0.116. The number of aryl methyl sites for hydroxylation is 2. The van der Waals surface area contributed by atoms with E-state index in [2.05, 4.69) is 12.2 Å². The van der Waals surface area contributed by atoms with E-state index in [0.717, 1.165) is 17.2 Å². The Balaban J connectivity index is 1.70. The molecule has 1 N–H and O–H groups in total. The van der Waals surface area contributed by atoms with E-state index >= 15 is 0 Å². The maximum absolute atomic E-state index is 11.9. The summed E-state index contributed by atoms with van der Waals surface area (Å²) < 4.78 is 10.7. The minimum atomic E-state index is 0.00610. The topological polar surface area (TPSA) is 47.6 Å². The van der Waals surface area contributed by atoms with Crippen LogP contribution in [0.3, 0.4) is 0 Å². The number of hydrogen-bond donors (Lipinski definition) is 1. The Kier molecular flexibility index (Phi) is 6.03. The highest BCUT2D eigenvalue weighted by Gasteiger charge is 2.04. The number of nitrogens with one attached hydrogen (secondary N) is 1. The molecule has 2 aromatic carbocycles. The molecule has 0 spiro atoms. The third-order valence-corrected chi connectivity index (χ3v) is 3.67. The quantitative estimate of drug-likeness (QED) is 0.783. The van der Waals surface area contributed by atoms with E-state index in [0.29, 0.717) is 19.4 Å². The summed E-state index contributed by atoms with van der Waals surface area (Å²) in [6.07, 6.45) is 1.10. The predicted octanol–water partition coefficient (Wildman–Crippen LogP) is 4.11. The molecule has 2 aromatic rings. The normalized spacial score (nSPS) is 10.2. The maximum Gasteiger partial charge on any atom is 0.224 e. The number of anilines is 1. The van der Waals surface area contributed by atoms with Crippen LogP contribution in [0.2, 0.25) is 0 Å². The molecule has 0 fully saturated rings. The van der Waals surface area contributed by atoms with Crippen LogP contribution >= 0.6 is 0 Å². The first-order valence-electron chi connectivity index (χ1n) is 7.72. The van der Waals surface area contributed by atoms with Crippen molar-refractivity contribution in [2.75, 3.05) is 19.0 Å². The molecule has 122 valence electrons. The van der Waals surface area contributed by atoms with Crippen molar-refractivity contribution in [2.45, 2.75) is 26.7 Å². The van der Waals surface area contributed by atoms with Crippen LogP contribution in [0, 0.1) is 13.8 Å². The van der Waals surface area contributed by atoms with E-state index in [-0.39, 0.29) is 5.91 Å². The molecule has 0 saturated heterocycles. The summed E-state index contributed by atoms with van der Waals surface area (Å²) in [6.45, 7) is 4.60. The van der Waals surface area contributed by atoms with Crippen LogP contribution in [-0.4, -0.2) is 19.6 Å². The summed E-state index contributed by atoms with van der Waals surface area (Å²) in [4.78, 5) is 11.9. The summed E-state index contributed by atoms with van der Waals surface area (Å²) in [7, 11) is 1.63. The molecular formula is C19H23NO3. The number of ether oxygens (including phenoxy) is 2. The second kappa shape index (κ2) is 8.22. The zero-order valence-electron chi connectivity index (χ0n) is 13.9. The van der Waals surface area contributed by atoms with Crippen molar-refractivity contribution in [3.8, 4) is 11.5 Å². The number of hydrogen-bond acceptors (Lipinski definition) is 3. The van der Waals surface area contributed by atoms with Gasteiger partial charge in [-0.25, -0.2) is 0 Å². The standard InChI is InChI=1S/C19H23NO3/c1-14-6-7-16(13-15(14)2)20-19(21)5-4-12-23-18-10-8-17(22-3)9-11-18/h6-11,13H,4-5,12H2,1-3H3,(H,20,21). The van der Waals surface area contributed by atoms with Crippen molar-refractivity contribution in [3.05, 3.63) is 53.6 Å². The van der Waals surface area contributed by atoms with Crippen LogP contribution < -0.4 is 14.8 Å². The zero-order chi connectivity index (χ0) is 16.7. The Bertz CT molecular complexity index is 650. The first-order valence-corrected chi connectivity index (χ1v) is 7.72. The van der Waals surface area contributed by atoms with Gasteiger partial charge in [-0.1, -0.05) is 6.07 Å². The lowest BCUT2D eigenvalue weighted by Gasteiger charge is -2.09. The van der Waals surface area contributed by atoms with Crippen LogP contribution in [0.1, 0.15) is 24.0 Å². The van der Waals surface area contributed by atoms with Crippen molar-refractivity contribution in [1.82, 2.24) is 0 Å². The number of carbonyl (C=O) groups excluding carboxylic acids is 1. The summed E-state index contributed by atoms with van der Waals surface area (Å²) in [6, 6.07) is 13.3. The largest absolute Gasteiger partial charge is 0.497 e. The zero-order valence-corrected chi connectivity index (χ0v) is 13.9. The Hall–Kier alpha value is -2.49. The van der Waals surface area contributed by atoms with Gasteiger partial charge in [-0.15, -0.1) is 0 Å². The molecule has 0 aliphatic rings. The molecule has 0 aromatic heterocycles. The summed E-state index contributed by atoms with van der Waals surface area (Å²) in [5.74, 6) is 1.58. The third kappa shape index (κ3) is 5.33.